The topological polar surface area (TPSA) is 32.3 Å². The number of halogens is 1. The first-order valence-electron chi connectivity index (χ1n) is 6.99. The molecule has 0 unspecified atom stereocenters. The van der Waals surface area contributed by atoms with Crippen LogP contribution in [0.1, 0.15) is 24.0 Å². The van der Waals surface area contributed by atoms with E-state index in [0.717, 1.165) is 42.1 Å². The lowest BCUT2D eigenvalue weighted by Gasteiger charge is -2.30. The molecule has 1 heterocycles. The molecule has 0 atom stereocenters. The van der Waals surface area contributed by atoms with Crippen molar-refractivity contribution in [2.45, 2.75) is 25.8 Å². The van der Waals surface area contributed by atoms with E-state index in [1.54, 1.807) is 6.08 Å². The van der Waals surface area contributed by atoms with Gasteiger partial charge in [0.05, 0.1) is 0 Å². The fourth-order valence-electron chi connectivity index (χ4n) is 2.37. The van der Waals surface area contributed by atoms with Gasteiger partial charge in [0.1, 0.15) is 0 Å². The summed E-state index contributed by atoms with van der Waals surface area (Å²) >= 11 is 6.08. The summed E-state index contributed by atoms with van der Waals surface area (Å²) in [6.07, 6.45) is 5.49. The normalized spacial score (nSPS) is 16.6. The molecule has 0 bridgehead atoms. The van der Waals surface area contributed by atoms with E-state index in [0.29, 0.717) is 6.04 Å². The Balaban J connectivity index is 1.98. The van der Waals surface area contributed by atoms with E-state index in [9.17, 15) is 4.79 Å². The maximum atomic E-state index is 12.2. The van der Waals surface area contributed by atoms with Gasteiger partial charge < -0.3 is 10.2 Å². The second kappa shape index (κ2) is 6.91. The van der Waals surface area contributed by atoms with Gasteiger partial charge in [0.15, 0.2) is 0 Å². The summed E-state index contributed by atoms with van der Waals surface area (Å²) in [5.41, 5.74) is 2.00. The van der Waals surface area contributed by atoms with Gasteiger partial charge in [0.2, 0.25) is 5.91 Å². The quantitative estimate of drug-likeness (QED) is 0.869. The van der Waals surface area contributed by atoms with Gasteiger partial charge in [-0.15, -0.1) is 0 Å². The molecule has 108 valence electrons. The van der Waals surface area contributed by atoms with E-state index < -0.39 is 0 Å². The van der Waals surface area contributed by atoms with Gasteiger partial charge in [0.25, 0.3) is 0 Å². The largest absolute Gasteiger partial charge is 0.339 e. The number of hydrogen-bond acceptors (Lipinski definition) is 2. The van der Waals surface area contributed by atoms with Crippen molar-refractivity contribution < 1.29 is 4.79 Å². The molecular weight excluding hydrogens is 272 g/mol. The van der Waals surface area contributed by atoms with Gasteiger partial charge >= 0.3 is 0 Å². The average Bonchev–Trinajstić information content (AvgIpc) is 2.48. The van der Waals surface area contributed by atoms with Crippen LogP contribution < -0.4 is 5.32 Å². The fourth-order valence-corrected chi connectivity index (χ4v) is 2.56. The van der Waals surface area contributed by atoms with Crippen LogP contribution in [0.25, 0.3) is 6.08 Å². The number of amides is 1. The van der Waals surface area contributed by atoms with Crippen molar-refractivity contribution in [3.63, 3.8) is 0 Å². The van der Waals surface area contributed by atoms with E-state index >= 15 is 0 Å². The number of rotatable bonds is 3. The van der Waals surface area contributed by atoms with E-state index in [1.807, 2.05) is 43.1 Å². The molecular formula is C16H21ClN2O. The number of carbonyl (C=O) groups excluding carboxylic acids is 1. The molecule has 1 amide bonds. The Bertz CT molecular complexity index is 507. The van der Waals surface area contributed by atoms with Crippen molar-refractivity contribution in [3.8, 4) is 0 Å². The van der Waals surface area contributed by atoms with Crippen molar-refractivity contribution in [1.29, 1.82) is 0 Å². The third-order valence-electron chi connectivity index (χ3n) is 3.82. The molecule has 3 nitrogen and oxygen atoms in total. The molecule has 1 saturated heterocycles. The molecule has 0 saturated carbocycles. The number of piperidine rings is 1. The molecule has 1 aliphatic rings. The van der Waals surface area contributed by atoms with Crippen molar-refractivity contribution >= 4 is 23.6 Å². The van der Waals surface area contributed by atoms with E-state index in [4.69, 9.17) is 11.6 Å². The number of likely N-dealkylation sites (N-methyl/N-ethyl adjacent to an activating group) is 1. The first-order valence-corrected chi connectivity index (χ1v) is 7.37. The number of carbonyl (C=O) groups is 1. The standard InChI is InChI=1S/C16H21ClN2O/c1-12-3-4-13(11-15(12)17)5-6-16(20)19(2)14-7-9-18-10-8-14/h3-6,11,14,18H,7-10H2,1-2H3/b6-5+. The minimum atomic E-state index is 0.0496. The van der Waals surface area contributed by atoms with E-state index in [-0.39, 0.29) is 5.91 Å². The Morgan fingerprint density at radius 3 is 2.75 bits per heavy atom. The summed E-state index contributed by atoms with van der Waals surface area (Å²) in [7, 11) is 1.88. The van der Waals surface area contributed by atoms with Crippen LogP contribution in [0.15, 0.2) is 24.3 Å². The fraction of sp³-hybridized carbons (Fsp3) is 0.438. The predicted octanol–water partition coefficient (Wildman–Crippen LogP) is 2.87. The number of hydrogen-bond donors (Lipinski definition) is 1. The highest BCUT2D eigenvalue weighted by Gasteiger charge is 2.20. The SMILES string of the molecule is Cc1ccc(/C=C/C(=O)N(C)C2CCNCC2)cc1Cl. The molecule has 1 aliphatic heterocycles. The highest BCUT2D eigenvalue weighted by molar-refractivity contribution is 6.31. The Labute approximate surface area is 125 Å². The first kappa shape index (κ1) is 15.1. The molecule has 0 aromatic heterocycles. The monoisotopic (exact) mass is 292 g/mol. The van der Waals surface area contributed by atoms with Crippen molar-refractivity contribution in [3.05, 3.63) is 40.4 Å². The molecule has 2 rings (SSSR count). The Morgan fingerprint density at radius 2 is 2.10 bits per heavy atom. The number of aryl methyl sites for hydroxylation is 1. The maximum absolute atomic E-state index is 12.2. The zero-order chi connectivity index (χ0) is 14.5. The van der Waals surface area contributed by atoms with Crippen molar-refractivity contribution in [1.82, 2.24) is 10.2 Å². The lowest BCUT2D eigenvalue weighted by Crippen LogP contribution is -2.43. The van der Waals surface area contributed by atoms with Crippen LogP contribution in [0.3, 0.4) is 0 Å². The molecule has 1 fully saturated rings. The molecule has 1 N–H and O–H groups in total. The first-order chi connectivity index (χ1) is 9.58. The highest BCUT2D eigenvalue weighted by Crippen LogP contribution is 2.18. The van der Waals surface area contributed by atoms with Gasteiger partial charge in [-0.1, -0.05) is 23.7 Å². The third kappa shape index (κ3) is 3.84. The predicted molar refractivity (Wildman–Crippen MR) is 83.9 cm³/mol. The highest BCUT2D eigenvalue weighted by atomic mass is 35.5. The molecule has 4 heteroatoms. The van der Waals surface area contributed by atoms with Crippen LogP contribution in [0.5, 0.6) is 0 Å². The smallest absolute Gasteiger partial charge is 0.246 e. The summed E-state index contributed by atoms with van der Waals surface area (Å²) in [6, 6.07) is 6.15. The maximum Gasteiger partial charge on any atom is 0.246 e. The molecule has 0 radical (unpaired) electrons. The van der Waals surface area contributed by atoms with Crippen LogP contribution in [-0.4, -0.2) is 37.0 Å². The number of benzene rings is 1. The van der Waals surface area contributed by atoms with Crippen LogP contribution in [0, 0.1) is 6.92 Å². The minimum Gasteiger partial charge on any atom is -0.339 e. The Morgan fingerprint density at radius 1 is 1.40 bits per heavy atom. The lowest BCUT2D eigenvalue weighted by molar-refractivity contribution is -0.127. The summed E-state index contributed by atoms with van der Waals surface area (Å²) < 4.78 is 0. The van der Waals surface area contributed by atoms with Gasteiger partial charge in [-0.2, -0.15) is 0 Å². The lowest BCUT2D eigenvalue weighted by atomic mass is 10.1. The molecule has 20 heavy (non-hydrogen) atoms. The van der Waals surface area contributed by atoms with Gasteiger partial charge in [-0.05, 0) is 56.1 Å². The minimum absolute atomic E-state index is 0.0496. The van der Waals surface area contributed by atoms with Gasteiger partial charge in [-0.3, -0.25) is 4.79 Å². The van der Waals surface area contributed by atoms with Crippen LogP contribution >= 0.6 is 11.6 Å². The Hall–Kier alpha value is -1.32. The van der Waals surface area contributed by atoms with Gasteiger partial charge in [0, 0.05) is 24.2 Å². The Kier molecular flexibility index (Phi) is 5.21. The molecule has 0 spiro atoms. The van der Waals surface area contributed by atoms with Gasteiger partial charge in [-0.25, -0.2) is 0 Å². The summed E-state index contributed by atoms with van der Waals surface area (Å²) in [5.74, 6) is 0.0496. The second-order valence-corrected chi connectivity index (χ2v) is 5.68. The van der Waals surface area contributed by atoms with E-state index in [2.05, 4.69) is 5.32 Å². The summed E-state index contributed by atoms with van der Waals surface area (Å²) in [4.78, 5) is 14.0. The zero-order valence-corrected chi connectivity index (χ0v) is 12.8. The molecule has 0 aliphatic carbocycles. The molecule has 1 aromatic rings. The molecule has 1 aromatic carbocycles. The van der Waals surface area contributed by atoms with Crippen LogP contribution in [0.2, 0.25) is 5.02 Å². The number of nitrogens with zero attached hydrogens (tertiary/aromatic N) is 1. The van der Waals surface area contributed by atoms with Crippen LogP contribution in [-0.2, 0) is 4.79 Å². The van der Waals surface area contributed by atoms with Crippen LogP contribution in [0.4, 0.5) is 0 Å². The zero-order valence-electron chi connectivity index (χ0n) is 12.0. The van der Waals surface area contributed by atoms with Crippen molar-refractivity contribution in [2.75, 3.05) is 20.1 Å². The average molecular weight is 293 g/mol. The van der Waals surface area contributed by atoms with Crippen molar-refractivity contribution in [2.24, 2.45) is 0 Å². The summed E-state index contributed by atoms with van der Waals surface area (Å²) in [6.45, 7) is 3.94. The number of nitrogens with one attached hydrogen (secondary N) is 1. The summed E-state index contributed by atoms with van der Waals surface area (Å²) in [5, 5.41) is 4.04. The van der Waals surface area contributed by atoms with E-state index in [1.165, 1.54) is 0 Å². The second-order valence-electron chi connectivity index (χ2n) is 5.27. The third-order valence-corrected chi connectivity index (χ3v) is 4.23.